The molecule has 28 heavy (non-hydrogen) atoms. The van der Waals surface area contributed by atoms with Gasteiger partial charge in [0.15, 0.2) is 23.4 Å². The Morgan fingerprint density at radius 3 is 2.75 bits per heavy atom. The summed E-state index contributed by atoms with van der Waals surface area (Å²) in [5.74, 6) is 0.301. The topological polar surface area (TPSA) is 107 Å². The number of phenols is 2. The van der Waals surface area contributed by atoms with Gasteiger partial charge in [0.2, 0.25) is 0 Å². The fraction of sp³-hybridized carbons (Fsp3) is 0.667. The normalized spacial score (nSPS) is 47.5. The number of carbonyl (C=O) groups excluding carboxylic acids is 1. The molecule has 1 aromatic carbocycles. The monoisotopic (exact) mass is 388 g/mol. The molecule has 2 saturated carbocycles. The molecule has 150 valence electrons. The predicted octanol–water partition coefficient (Wildman–Crippen LogP) is 0.346. The Morgan fingerprint density at radius 2 is 2.04 bits per heavy atom. The van der Waals surface area contributed by atoms with Crippen LogP contribution in [0.2, 0.25) is 0 Å². The summed E-state index contributed by atoms with van der Waals surface area (Å²) < 4.78 is 6.62. The zero-order chi connectivity index (χ0) is 19.6. The van der Waals surface area contributed by atoms with E-state index in [4.69, 9.17) is 4.74 Å². The van der Waals surface area contributed by atoms with Crippen molar-refractivity contribution in [2.45, 2.75) is 61.4 Å². The molecule has 2 bridgehead atoms. The number of hydrogen-bond donors (Lipinski definition) is 4. The van der Waals surface area contributed by atoms with Gasteiger partial charge in [0.05, 0.1) is 31.7 Å². The van der Waals surface area contributed by atoms with Crippen molar-refractivity contribution >= 4 is 5.78 Å². The van der Waals surface area contributed by atoms with E-state index in [1.54, 1.807) is 0 Å². The molecule has 4 N–H and O–H groups in total. The number of Topliss-reactive ketones (excluding diaryl/α,β-unsaturated/α-hetero) is 1. The van der Waals surface area contributed by atoms with E-state index in [1.165, 1.54) is 6.07 Å². The van der Waals surface area contributed by atoms with Gasteiger partial charge in [0, 0.05) is 42.4 Å². The molecule has 3 fully saturated rings. The van der Waals surface area contributed by atoms with Crippen LogP contribution in [0.1, 0.15) is 36.8 Å². The van der Waals surface area contributed by atoms with Crippen LogP contribution in [0.4, 0.5) is 0 Å². The van der Waals surface area contributed by atoms with Crippen molar-refractivity contribution in [1.29, 1.82) is 0 Å². The lowest BCUT2D eigenvalue weighted by Gasteiger charge is -2.64. The van der Waals surface area contributed by atoms with E-state index < -0.39 is 17.1 Å². The largest absolute Gasteiger partial charge is 0.508 e. The number of piperidine rings is 1. The zero-order valence-corrected chi connectivity index (χ0v) is 15.9. The first-order valence-corrected chi connectivity index (χ1v) is 10.2. The Morgan fingerprint density at radius 1 is 1.29 bits per heavy atom. The van der Waals surface area contributed by atoms with Crippen molar-refractivity contribution in [2.24, 2.45) is 5.92 Å². The number of likely N-dealkylation sites (N-methyl/N-ethyl adjacent to an activating group) is 1. The Balaban J connectivity index is 1.59. The van der Waals surface area contributed by atoms with Gasteiger partial charge in [-0.3, -0.25) is 4.79 Å². The molecule has 0 radical (unpaired) electrons. The molecule has 3 aliphatic carbocycles. The van der Waals surface area contributed by atoms with Crippen LogP contribution < -0.4 is 4.74 Å². The molecule has 0 aromatic heterocycles. The number of aliphatic hydroxyl groups excluding tert-OH is 1. The van der Waals surface area contributed by atoms with Crippen molar-refractivity contribution in [3.63, 3.8) is 0 Å². The highest BCUT2D eigenvalue weighted by Crippen LogP contribution is 2.67. The maximum absolute atomic E-state index is 12.8. The van der Waals surface area contributed by atoms with Crippen LogP contribution in [0.25, 0.3) is 0 Å². The molecular weight excluding hydrogens is 362 g/mol. The summed E-state index contributed by atoms with van der Waals surface area (Å²) in [6.45, 7) is 1.55. The number of carbonyl (C=O) groups is 1. The third-order valence-electron chi connectivity index (χ3n) is 8.55. The van der Waals surface area contributed by atoms with Crippen LogP contribution in [0.3, 0.4) is 0 Å². The summed E-state index contributed by atoms with van der Waals surface area (Å²) in [6, 6.07) is 1.10. The Kier molecular flexibility index (Phi) is 2.94. The molecule has 2 unspecified atom stereocenters. The van der Waals surface area contributed by atoms with Gasteiger partial charge in [-0.1, -0.05) is 0 Å². The van der Waals surface area contributed by atoms with E-state index in [1.807, 2.05) is 0 Å². The first-order chi connectivity index (χ1) is 13.2. The van der Waals surface area contributed by atoms with Crippen molar-refractivity contribution in [3.8, 4) is 17.2 Å². The second kappa shape index (κ2) is 4.83. The van der Waals surface area contributed by atoms with E-state index in [-0.39, 0.29) is 47.5 Å². The summed E-state index contributed by atoms with van der Waals surface area (Å²) in [5, 5.41) is 43.1. The maximum Gasteiger partial charge on any atom is 0.174 e. The van der Waals surface area contributed by atoms with Crippen molar-refractivity contribution in [2.75, 3.05) is 20.1 Å². The molecule has 0 amide bonds. The van der Waals surface area contributed by atoms with Crippen LogP contribution in [0, 0.1) is 5.92 Å². The lowest BCUT2D eigenvalue weighted by atomic mass is 9.48. The highest BCUT2D eigenvalue weighted by atomic mass is 16.5. The number of rotatable bonds is 2. The third-order valence-corrected chi connectivity index (χ3v) is 8.55. The third kappa shape index (κ3) is 1.71. The highest BCUT2D eigenvalue weighted by molar-refractivity contribution is 5.90. The SMILES string of the molecule is C[N@+]1(CC2CC2O)CC[C@]23c4c5c(O)cc(O)c4O[C@H]2C(=O)CC[C@@]3(O)[C@H]1C5. The van der Waals surface area contributed by atoms with E-state index >= 15 is 0 Å². The molecule has 1 saturated heterocycles. The van der Waals surface area contributed by atoms with Crippen LogP contribution in [0.5, 0.6) is 17.2 Å². The van der Waals surface area contributed by atoms with Gasteiger partial charge in [0.1, 0.15) is 17.4 Å². The molecular formula is C21H26NO6+. The second-order valence-corrected chi connectivity index (χ2v) is 9.88. The fourth-order valence-electron chi connectivity index (χ4n) is 7.08. The number of hydrogen-bond acceptors (Lipinski definition) is 6. The van der Waals surface area contributed by atoms with Gasteiger partial charge in [-0.15, -0.1) is 0 Å². The lowest BCUT2D eigenvalue weighted by Crippen LogP contribution is -2.80. The molecule has 5 aliphatic rings. The van der Waals surface area contributed by atoms with Gasteiger partial charge in [-0.25, -0.2) is 0 Å². The summed E-state index contributed by atoms with van der Waals surface area (Å²) in [4.78, 5) is 12.8. The minimum absolute atomic E-state index is 0.00449. The number of ketones is 1. The first kappa shape index (κ1) is 17.1. The molecule has 7 nitrogen and oxygen atoms in total. The van der Waals surface area contributed by atoms with Gasteiger partial charge in [-0.2, -0.15) is 0 Å². The number of benzene rings is 1. The Bertz CT molecular complexity index is 932. The van der Waals surface area contributed by atoms with Gasteiger partial charge >= 0.3 is 0 Å². The number of phenolic OH excluding ortho intramolecular Hbond substituents is 2. The predicted molar refractivity (Wildman–Crippen MR) is 97.2 cm³/mol. The number of aromatic hydroxyl groups is 2. The van der Waals surface area contributed by atoms with Crippen molar-refractivity contribution < 1.29 is 34.4 Å². The second-order valence-electron chi connectivity index (χ2n) is 9.88. The van der Waals surface area contributed by atoms with Crippen LogP contribution in [0.15, 0.2) is 6.07 Å². The number of likely N-dealkylation sites (tertiary alicyclic amines) is 1. The average molecular weight is 388 g/mol. The zero-order valence-electron chi connectivity index (χ0n) is 15.9. The van der Waals surface area contributed by atoms with E-state index in [0.29, 0.717) is 34.9 Å². The number of ether oxygens (including phenoxy) is 1. The number of nitrogens with zero attached hydrogens (tertiary/aromatic N) is 1. The lowest BCUT2D eigenvalue weighted by molar-refractivity contribution is -0.950. The molecule has 7 atom stereocenters. The average Bonchev–Trinajstić information content (AvgIpc) is 3.18. The Labute approximate surface area is 162 Å². The van der Waals surface area contributed by atoms with E-state index in [9.17, 15) is 25.2 Å². The minimum Gasteiger partial charge on any atom is -0.508 e. The smallest absolute Gasteiger partial charge is 0.174 e. The summed E-state index contributed by atoms with van der Waals surface area (Å²) >= 11 is 0. The summed E-state index contributed by atoms with van der Waals surface area (Å²) in [6.07, 6.45) is 1.37. The maximum atomic E-state index is 12.8. The number of quaternary nitrogens is 1. The number of aliphatic hydroxyl groups is 2. The van der Waals surface area contributed by atoms with E-state index in [2.05, 4.69) is 7.05 Å². The molecule has 1 aromatic rings. The van der Waals surface area contributed by atoms with Gasteiger partial charge in [-0.05, 0) is 12.8 Å². The summed E-state index contributed by atoms with van der Waals surface area (Å²) in [5.41, 5.74) is -0.706. The van der Waals surface area contributed by atoms with Crippen LogP contribution in [-0.4, -0.2) is 74.7 Å². The first-order valence-electron chi connectivity index (χ1n) is 10.2. The molecule has 1 spiro atoms. The molecule has 7 heteroatoms. The molecule has 2 aliphatic heterocycles. The quantitative estimate of drug-likeness (QED) is 0.545. The van der Waals surface area contributed by atoms with Gasteiger partial charge < -0.3 is 29.6 Å². The molecule has 2 heterocycles. The van der Waals surface area contributed by atoms with Crippen LogP contribution >= 0.6 is 0 Å². The van der Waals surface area contributed by atoms with Gasteiger partial charge in [0.25, 0.3) is 0 Å². The fourth-order valence-corrected chi connectivity index (χ4v) is 7.08. The molecule has 6 rings (SSSR count). The minimum atomic E-state index is -1.14. The highest BCUT2D eigenvalue weighted by Gasteiger charge is 2.77. The standard InChI is InChI=1S/C21H25NO6/c1-22(9-10-6-13(10)24)5-4-20-17-11-7-16(22)21(20,27)3-2-12(23)19(20)28-18(17)15(26)8-14(11)25/h8,10,13,16,19,24,27H,2-7,9H2,1H3,(H-,25,26)/p+1/t10?,13?,16-,19+,20+,21-,22-/m1/s1. The van der Waals surface area contributed by atoms with Crippen LogP contribution in [-0.2, 0) is 16.6 Å². The van der Waals surface area contributed by atoms with E-state index in [0.717, 1.165) is 19.5 Å². The van der Waals surface area contributed by atoms with Crippen molar-refractivity contribution in [3.05, 3.63) is 17.2 Å². The Hall–Kier alpha value is -1.83. The summed E-state index contributed by atoms with van der Waals surface area (Å²) in [7, 11) is 2.13. The van der Waals surface area contributed by atoms with Crippen molar-refractivity contribution in [1.82, 2.24) is 0 Å².